The first-order valence-electron chi connectivity index (χ1n) is 13.3. The zero-order chi connectivity index (χ0) is 29.1. The lowest BCUT2D eigenvalue weighted by molar-refractivity contribution is -0.307. The van der Waals surface area contributed by atoms with Crippen molar-refractivity contribution >= 4 is 5.91 Å². The van der Waals surface area contributed by atoms with Crippen molar-refractivity contribution in [2.24, 2.45) is 22.9 Å². The number of amides is 1. The number of carbonyl (C=O) groups is 1. The van der Waals surface area contributed by atoms with E-state index in [-0.39, 0.29) is 32.2 Å². The van der Waals surface area contributed by atoms with Crippen LogP contribution in [0.25, 0.3) is 0 Å². The number of nitrogens with two attached hydrogens (primary N) is 4. The summed E-state index contributed by atoms with van der Waals surface area (Å²) in [4.78, 5) is 12.7. The maximum atomic E-state index is 12.7. The van der Waals surface area contributed by atoms with Crippen LogP contribution < -0.4 is 33.6 Å². The van der Waals surface area contributed by atoms with Gasteiger partial charge in [-0.3, -0.25) is 4.79 Å². The molecule has 14 atom stereocenters. The fourth-order valence-electron chi connectivity index (χ4n) is 5.36. The number of hydrogen-bond donors (Lipinski definition) is 11. The smallest absolute Gasteiger partial charge is 0.251 e. The normalized spacial score (nSPS) is 44.9. The number of carbonyl (C=O) groups excluding carboxylic acids is 1. The number of nitrogens with one attached hydrogen (secondary N) is 2. The van der Waals surface area contributed by atoms with E-state index in [1.54, 1.807) is 7.05 Å². The van der Waals surface area contributed by atoms with E-state index in [9.17, 15) is 30.3 Å². The van der Waals surface area contributed by atoms with Gasteiger partial charge in [0.15, 0.2) is 18.7 Å². The number of aliphatic hydroxyl groups is 5. The predicted octanol–water partition coefficient (Wildman–Crippen LogP) is -6.14. The zero-order valence-electron chi connectivity index (χ0n) is 22.3. The van der Waals surface area contributed by atoms with Crippen LogP contribution in [0.15, 0.2) is 0 Å². The lowest BCUT2D eigenvalue weighted by Gasteiger charge is -2.49. The first kappa shape index (κ1) is 32.4. The van der Waals surface area contributed by atoms with E-state index in [2.05, 4.69) is 10.6 Å². The molecule has 3 fully saturated rings. The topological polar surface area (TPSA) is 283 Å². The average molecular weight is 567 g/mol. The Bertz CT molecular complexity index is 798. The van der Waals surface area contributed by atoms with Crippen LogP contribution in [0.3, 0.4) is 0 Å². The second-order valence-electron chi connectivity index (χ2n) is 10.9. The molecule has 39 heavy (non-hydrogen) atoms. The van der Waals surface area contributed by atoms with Crippen molar-refractivity contribution in [3.63, 3.8) is 0 Å². The molecule has 15 N–H and O–H groups in total. The van der Waals surface area contributed by atoms with E-state index in [4.69, 9.17) is 41.9 Å². The number of likely N-dealkylation sites (N-methyl/N-ethyl adjacent to an activating group) is 1. The summed E-state index contributed by atoms with van der Waals surface area (Å²) in [7, 11) is 1.55. The molecule has 1 amide bonds. The van der Waals surface area contributed by atoms with Crippen LogP contribution in [-0.4, -0.2) is 143 Å². The number of rotatable bonds is 10. The summed E-state index contributed by atoms with van der Waals surface area (Å²) in [5, 5.41) is 58.2. The van der Waals surface area contributed by atoms with Gasteiger partial charge in [0.2, 0.25) is 0 Å². The van der Waals surface area contributed by atoms with Gasteiger partial charge in [-0.1, -0.05) is 0 Å². The van der Waals surface area contributed by atoms with Crippen LogP contribution >= 0.6 is 0 Å². The second-order valence-corrected chi connectivity index (χ2v) is 10.9. The van der Waals surface area contributed by atoms with Crippen molar-refractivity contribution in [2.75, 3.05) is 26.7 Å². The van der Waals surface area contributed by atoms with Gasteiger partial charge in [0, 0.05) is 19.1 Å². The van der Waals surface area contributed by atoms with Gasteiger partial charge in [0.05, 0.1) is 30.8 Å². The highest BCUT2D eigenvalue weighted by atomic mass is 16.7. The molecule has 1 saturated carbocycles. The molecule has 0 aromatic rings. The Kier molecular flexibility index (Phi) is 11.4. The number of aliphatic hydroxyl groups excluding tert-OH is 4. The van der Waals surface area contributed by atoms with Crippen LogP contribution in [0.5, 0.6) is 0 Å². The van der Waals surface area contributed by atoms with E-state index in [0.717, 1.165) is 0 Å². The van der Waals surface area contributed by atoms with Crippen LogP contribution in [-0.2, 0) is 23.7 Å². The number of hydrogen-bond acceptors (Lipinski definition) is 15. The molecular weight excluding hydrogens is 520 g/mol. The maximum Gasteiger partial charge on any atom is 0.251 e. The van der Waals surface area contributed by atoms with Gasteiger partial charge in [-0.05, 0) is 33.2 Å². The molecule has 3 aliphatic rings. The van der Waals surface area contributed by atoms with Crippen molar-refractivity contribution in [3.05, 3.63) is 0 Å². The van der Waals surface area contributed by atoms with Gasteiger partial charge in [0.25, 0.3) is 5.91 Å². The van der Waals surface area contributed by atoms with Crippen molar-refractivity contribution in [3.8, 4) is 0 Å². The Morgan fingerprint density at radius 3 is 2.36 bits per heavy atom. The van der Waals surface area contributed by atoms with E-state index in [1.165, 1.54) is 6.92 Å². The highest BCUT2D eigenvalue weighted by molar-refractivity contribution is 5.81. The summed E-state index contributed by atoms with van der Waals surface area (Å²) >= 11 is 0. The molecular formula is C23H46N6O10. The summed E-state index contributed by atoms with van der Waals surface area (Å²) in [6.07, 6.45) is -9.86. The summed E-state index contributed by atoms with van der Waals surface area (Å²) in [6, 6.07) is -3.20. The first-order chi connectivity index (χ1) is 18.3. The molecule has 1 aliphatic carbocycles. The summed E-state index contributed by atoms with van der Waals surface area (Å²) in [5.74, 6) is -0.963. The summed E-state index contributed by atoms with van der Waals surface area (Å²) < 4.78 is 23.5. The third-order valence-corrected chi connectivity index (χ3v) is 7.70. The van der Waals surface area contributed by atoms with Gasteiger partial charge in [0.1, 0.15) is 36.1 Å². The third kappa shape index (κ3) is 7.41. The van der Waals surface area contributed by atoms with Gasteiger partial charge in [-0.15, -0.1) is 0 Å². The Hall–Kier alpha value is -1.09. The Morgan fingerprint density at radius 1 is 1.08 bits per heavy atom. The number of ether oxygens (including phenoxy) is 4. The molecule has 0 aromatic heterocycles. The summed E-state index contributed by atoms with van der Waals surface area (Å²) in [5.41, 5.74) is 22.2. The quantitative estimate of drug-likeness (QED) is 0.117. The largest absolute Gasteiger partial charge is 0.389 e. The minimum Gasteiger partial charge on any atom is -0.389 e. The highest BCUT2D eigenvalue weighted by Gasteiger charge is 2.52. The zero-order valence-corrected chi connectivity index (χ0v) is 22.3. The van der Waals surface area contributed by atoms with Crippen molar-refractivity contribution in [1.82, 2.24) is 10.6 Å². The van der Waals surface area contributed by atoms with Crippen molar-refractivity contribution in [1.29, 1.82) is 0 Å². The van der Waals surface area contributed by atoms with E-state index in [1.807, 2.05) is 0 Å². The lowest BCUT2D eigenvalue weighted by atomic mass is 9.83. The van der Waals surface area contributed by atoms with E-state index >= 15 is 0 Å². The molecule has 7 unspecified atom stereocenters. The molecule has 16 heteroatoms. The van der Waals surface area contributed by atoms with Crippen LogP contribution in [0, 0.1) is 0 Å². The first-order valence-corrected chi connectivity index (χ1v) is 13.3. The molecule has 0 aromatic carbocycles. The van der Waals surface area contributed by atoms with Gasteiger partial charge >= 0.3 is 0 Å². The molecule has 0 bridgehead atoms. The Labute approximate surface area is 227 Å². The molecule has 16 nitrogen and oxygen atoms in total. The fraction of sp³-hybridized carbons (Fsp3) is 0.957. The molecule has 3 rings (SSSR count). The lowest BCUT2D eigenvalue weighted by Crippen LogP contribution is -2.69. The van der Waals surface area contributed by atoms with Crippen LogP contribution in [0.2, 0.25) is 0 Å². The van der Waals surface area contributed by atoms with E-state index in [0.29, 0.717) is 12.8 Å². The average Bonchev–Trinajstić information content (AvgIpc) is 2.89. The van der Waals surface area contributed by atoms with Gasteiger partial charge in [-0.25, -0.2) is 0 Å². The minimum absolute atomic E-state index is 0.00182. The van der Waals surface area contributed by atoms with Crippen molar-refractivity contribution in [2.45, 2.75) is 111 Å². The molecule has 2 saturated heterocycles. The Balaban J connectivity index is 1.83. The predicted molar refractivity (Wildman–Crippen MR) is 135 cm³/mol. The van der Waals surface area contributed by atoms with Gasteiger partial charge < -0.3 is 78.0 Å². The summed E-state index contributed by atoms with van der Waals surface area (Å²) in [6.45, 7) is 1.18. The standard InChI is InChI=1S/C23H46N6O10/c1-23(35)8-36-22(16(33)19(23)28-2)39-18-12(29-20(34)14(31)13(30)7-25)5-11(27)17(15(18)32)38-21-10(26)4-3-9(6-24)37-21/h9-19,21-22,28,30-33,35H,3-8,24-27H2,1-2H3,(H,29,34)/t9-,10?,11-,12+,13?,14-,15?,16?,17?,18?,19+,21+,22+,23?/m0/s1. The van der Waals surface area contributed by atoms with Crippen molar-refractivity contribution < 1.29 is 49.3 Å². The van der Waals surface area contributed by atoms with E-state index < -0.39 is 84.9 Å². The third-order valence-electron chi connectivity index (χ3n) is 7.70. The molecule has 2 aliphatic heterocycles. The molecule has 2 heterocycles. The second kappa shape index (κ2) is 13.7. The molecule has 0 radical (unpaired) electrons. The highest BCUT2D eigenvalue weighted by Crippen LogP contribution is 2.32. The SMILES string of the molecule is CN[C@@H]1C(O)[C@@H](OC2C(O)C(O[C@H]3O[C@H](CN)CCC3N)[C@@H](N)C[C@H]2NC(=O)[C@@H](O)C(O)CN)OCC1(C)O. The van der Waals surface area contributed by atoms with Gasteiger partial charge in [-0.2, -0.15) is 0 Å². The molecule has 0 spiro atoms. The maximum absolute atomic E-state index is 12.7. The van der Waals surface area contributed by atoms with Crippen LogP contribution in [0.4, 0.5) is 0 Å². The monoisotopic (exact) mass is 566 g/mol. The molecule has 228 valence electrons. The minimum atomic E-state index is -1.85. The van der Waals surface area contributed by atoms with Crippen LogP contribution in [0.1, 0.15) is 26.2 Å². The Morgan fingerprint density at radius 2 is 1.74 bits per heavy atom. The fourth-order valence-corrected chi connectivity index (χ4v) is 5.36.